The molecule has 1 aromatic carbocycles. The third-order valence-corrected chi connectivity index (χ3v) is 10.1. The van der Waals surface area contributed by atoms with Crippen LogP contribution in [0.3, 0.4) is 0 Å². The summed E-state index contributed by atoms with van der Waals surface area (Å²) in [5.74, 6) is -0.804. The van der Waals surface area contributed by atoms with Crippen molar-refractivity contribution in [3.63, 3.8) is 0 Å². The van der Waals surface area contributed by atoms with Crippen LogP contribution in [0.4, 0.5) is 0 Å². The minimum absolute atomic E-state index is 0.00246. The molecule has 0 spiro atoms. The van der Waals surface area contributed by atoms with Gasteiger partial charge in [0.15, 0.2) is 24.1 Å². The van der Waals surface area contributed by atoms with E-state index in [1.807, 2.05) is 13.1 Å². The van der Waals surface area contributed by atoms with Crippen LogP contribution in [-0.4, -0.2) is 55.5 Å². The molecule has 1 rings (SSSR count). The lowest BCUT2D eigenvalue weighted by Gasteiger charge is -2.36. The lowest BCUT2D eigenvalue weighted by Crippen LogP contribution is -2.41. The van der Waals surface area contributed by atoms with E-state index >= 15 is 0 Å². The second-order valence-electron chi connectivity index (χ2n) is 8.09. The number of carbonyl (C=O) groups excluding carboxylic acids is 2. The summed E-state index contributed by atoms with van der Waals surface area (Å²) in [5, 5.41) is -0.157. The second-order valence-corrected chi connectivity index (χ2v) is 14.0. The number of methoxy groups -OCH3 is 4. The number of hydrogen-bond donors (Lipinski definition) is 0. The van der Waals surface area contributed by atoms with Gasteiger partial charge in [0.2, 0.25) is 0 Å². The third kappa shape index (κ3) is 6.59. The summed E-state index contributed by atoms with van der Waals surface area (Å²) in [6, 6.07) is 1.68. The van der Waals surface area contributed by atoms with Crippen LogP contribution in [-0.2, 0) is 23.4 Å². The maximum Gasteiger partial charge on any atom is 0.371 e. The Kier molecular flexibility index (Phi) is 9.83. The van der Waals surface area contributed by atoms with Gasteiger partial charge in [-0.05, 0) is 58.4 Å². The molecule has 0 aliphatic heterocycles. The number of hydrogen-bond acceptors (Lipinski definition) is 8. The Labute approximate surface area is 198 Å². The number of ether oxygens (including phenoxy) is 5. The summed E-state index contributed by atoms with van der Waals surface area (Å²) < 4.78 is 32.8. The molecular formula is C21H31IO8Si. The molecule has 0 amide bonds. The molecule has 0 fully saturated rings. The van der Waals surface area contributed by atoms with Crippen LogP contribution in [0.5, 0.6) is 11.5 Å². The molecule has 0 unspecified atom stereocenters. The van der Waals surface area contributed by atoms with E-state index in [-0.39, 0.29) is 28.9 Å². The lowest BCUT2D eigenvalue weighted by atomic mass is 10.0. The molecule has 31 heavy (non-hydrogen) atoms. The number of benzene rings is 1. The van der Waals surface area contributed by atoms with E-state index in [1.165, 1.54) is 34.5 Å². The predicted molar refractivity (Wildman–Crippen MR) is 128 cm³/mol. The van der Waals surface area contributed by atoms with Crippen LogP contribution >= 0.6 is 22.6 Å². The molecule has 0 saturated carbocycles. The Hall–Kier alpha value is -1.79. The molecule has 0 saturated heterocycles. The van der Waals surface area contributed by atoms with Crippen molar-refractivity contribution in [2.45, 2.75) is 38.9 Å². The molecule has 0 heterocycles. The minimum atomic E-state index is -2.38. The summed E-state index contributed by atoms with van der Waals surface area (Å²) in [5.41, 5.74) is 0.466. The predicted octanol–water partition coefficient (Wildman–Crippen LogP) is 4.60. The molecule has 1 aromatic rings. The fraction of sp³-hybridized carbons (Fsp3) is 0.524. The van der Waals surface area contributed by atoms with Gasteiger partial charge < -0.3 is 28.1 Å². The maximum absolute atomic E-state index is 12.6. The van der Waals surface area contributed by atoms with Gasteiger partial charge in [0.1, 0.15) is 5.56 Å². The number of esters is 2. The normalized spacial score (nSPS) is 12.3. The van der Waals surface area contributed by atoms with Gasteiger partial charge in [-0.2, -0.15) is 0 Å². The van der Waals surface area contributed by atoms with E-state index in [1.54, 1.807) is 6.07 Å². The smallest absolute Gasteiger partial charge is 0.371 e. The van der Waals surface area contributed by atoms with Crippen LogP contribution < -0.4 is 9.47 Å². The largest absolute Gasteiger partial charge is 0.539 e. The van der Waals surface area contributed by atoms with E-state index < -0.39 is 20.3 Å². The summed E-state index contributed by atoms with van der Waals surface area (Å²) in [7, 11) is 3.06. The molecule has 0 bridgehead atoms. The SMILES string of the molecule is COCOc1c(I)cc(/C=C(\O[Si](C)(C)C(C)(C)C)C(=O)OC)c(C(=O)OC)c1OC. The van der Waals surface area contributed by atoms with Crippen LogP contribution in [0, 0.1) is 3.57 Å². The first-order valence-corrected chi connectivity index (χ1v) is 13.4. The molecule has 0 aliphatic carbocycles. The minimum Gasteiger partial charge on any atom is -0.539 e. The summed E-state index contributed by atoms with van der Waals surface area (Å²) >= 11 is 2.05. The van der Waals surface area contributed by atoms with Gasteiger partial charge in [-0.25, -0.2) is 9.59 Å². The number of carbonyl (C=O) groups is 2. The summed E-state index contributed by atoms with van der Waals surface area (Å²) in [6.07, 6.45) is 1.48. The van der Waals surface area contributed by atoms with Crippen molar-refractivity contribution in [1.82, 2.24) is 0 Å². The number of halogens is 1. The Bertz CT molecular complexity index is 843. The van der Waals surface area contributed by atoms with Crippen LogP contribution in [0.1, 0.15) is 36.7 Å². The molecule has 0 atom stereocenters. The Morgan fingerprint density at radius 2 is 1.68 bits per heavy atom. The average molecular weight is 566 g/mol. The van der Waals surface area contributed by atoms with Crippen LogP contribution in [0.2, 0.25) is 18.1 Å². The summed E-state index contributed by atoms with van der Waals surface area (Å²) in [6.45, 7) is 10.2. The monoisotopic (exact) mass is 566 g/mol. The van der Waals surface area contributed by atoms with Crippen molar-refractivity contribution in [2.75, 3.05) is 35.2 Å². The zero-order valence-corrected chi connectivity index (χ0v) is 22.7. The van der Waals surface area contributed by atoms with Gasteiger partial charge in [0.25, 0.3) is 8.32 Å². The van der Waals surface area contributed by atoms with E-state index in [0.717, 1.165) is 0 Å². The third-order valence-electron chi connectivity index (χ3n) is 4.98. The Morgan fingerprint density at radius 1 is 1.06 bits per heavy atom. The highest BCUT2D eigenvalue weighted by atomic mass is 127. The van der Waals surface area contributed by atoms with Crippen LogP contribution in [0.15, 0.2) is 11.8 Å². The highest BCUT2D eigenvalue weighted by Gasteiger charge is 2.40. The molecule has 174 valence electrons. The van der Waals surface area contributed by atoms with E-state index in [0.29, 0.717) is 14.9 Å². The first-order valence-electron chi connectivity index (χ1n) is 9.44. The van der Waals surface area contributed by atoms with Crippen molar-refractivity contribution in [1.29, 1.82) is 0 Å². The molecule has 0 radical (unpaired) electrons. The van der Waals surface area contributed by atoms with Gasteiger partial charge in [-0.15, -0.1) is 0 Å². The molecule has 0 aromatic heterocycles. The zero-order valence-electron chi connectivity index (χ0n) is 19.5. The van der Waals surface area contributed by atoms with Gasteiger partial charge in [-0.3, -0.25) is 0 Å². The highest BCUT2D eigenvalue weighted by Crippen LogP contribution is 2.41. The topological polar surface area (TPSA) is 89.5 Å². The summed E-state index contributed by atoms with van der Waals surface area (Å²) in [4.78, 5) is 25.2. The van der Waals surface area contributed by atoms with Crippen molar-refractivity contribution in [3.8, 4) is 11.5 Å². The first kappa shape index (κ1) is 27.2. The van der Waals surface area contributed by atoms with Crippen molar-refractivity contribution in [2.24, 2.45) is 0 Å². The maximum atomic E-state index is 12.6. The van der Waals surface area contributed by atoms with Gasteiger partial charge >= 0.3 is 11.9 Å². The quantitative estimate of drug-likeness (QED) is 0.107. The van der Waals surface area contributed by atoms with E-state index in [9.17, 15) is 9.59 Å². The fourth-order valence-electron chi connectivity index (χ4n) is 2.30. The fourth-order valence-corrected chi connectivity index (χ4v) is 4.04. The molecule has 10 heteroatoms. The Morgan fingerprint density at radius 3 is 2.13 bits per heavy atom. The Balaban J connectivity index is 3.78. The highest BCUT2D eigenvalue weighted by molar-refractivity contribution is 14.1. The first-order chi connectivity index (χ1) is 14.3. The van der Waals surface area contributed by atoms with Gasteiger partial charge in [0, 0.05) is 7.11 Å². The molecule has 0 aliphatic rings. The lowest BCUT2D eigenvalue weighted by molar-refractivity contribution is -0.138. The molecule has 8 nitrogen and oxygen atoms in total. The molecular weight excluding hydrogens is 535 g/mol. The molecule has 0 N–H and O–H groups in total. The van der Waals surface area contributed by atoms with Gasteiger partial charge in [0.05, 0.1) is 24.9 Å². The second kappa shape index (κ2) is 11.2. The van der Waals surface area contributed by atoms with Crippen molar-refractivity contribution in [3.05, 3.63) is 26.5 Å². The van der Waals surface area contributed by atoms with Gasteiger partial charge in [-0.1, -0.05) is 20.8 Å². The zero-order chi connectivity index (χ0) is 24.0. The average Bonchev–Trinajstić information content (AvgIpc) is 2.69. The van der Waals surface area contributed by atoms with E-state index in [4.69, 9.17) is 28.1 Å². The van der Waals surface area contributed by atoms with Crippen molar-refractivity contribution >= 4 is 48.9 Å². The van der Waals surface area contributed by atoms with Crippen molar-refractivity contribution < 1.29 is 37.7 Å². The van der Waals surface area contributed by atoms with Crippen LogP contribution in [0.25, 0.3) is 6.08 Å². The van der Waals surface area contributed by atoms with E-state index in [2.05, 4.69) is 43.4 Å². The number of rotatable bonds is 9. The standard InChI is InChI=1S/C21H31IO8Si/c1-21(2,3)31(8,9)30-15(19(23)27-6)11-13-10-14(22)17(29-12-25-4)18(26-5)16(13)20(24)28-7/h10-11H,12H2,1-9H3/b15-11-.